The van der Waals surface area contributed by atoms with Crippen LogP contribution in [0.1, 0.15) is 27.2 Å². The van der Waals surface area contributed by atoms with E-state index < -0.39 is 5.91 Å². The predicted octanol–water partition coefficient (Wildman–Crippen LogP) is 5.48. The zero-order valence-corrected chi connectivity index (χ0v) is 16.9. The van der Waals surface area contributed by atoms with Gasteiger partial charge in [0.25, 0.3) is 5.91 Å². The molecule has 0 aliphatic heterocycles. The Balaban J connectivity index is 1.62. The molecule has 3 aromatic carbocycles. The summed E-state index contributed by atoms with van der Waals surface area (Å²) in [6.45, 7) is 3.96. The van der Waals surface area contributed by atoms with Crippen LogP contribution in [0.5, 0.6) is 0 Å². The van der Waals surface area contributed by atoms with Crippen LogP contribution < -0.4 is 10.6 Å². The van der Waals surface area contributed by atoms with Crippen molar-refractivity contribution < 1.29 is 14.0 Å². The molecule has 0 saturated heterocycles. The summed E-state index contributed by atoms with van der Waals surface area (Å²) >= 11 is 0. The average Bonchev–Trinajstić information content (AvgIpc) is 3.08. The number of amides is 2. The highest BCUT2D eigenvalue weighted by Gasteiger charge is 2.22. The molecule has 4 aromatic rings. The molecule has 0 aliphatic rings. The second-order valence-corrected chi connectivity index (χ2v) is 7.34. The Kier molecular flexibility index (Phi) is 5.35. The Morgan fingerprint density at radius 3 is 2.37 bits per heavy atom. The molecule has 4 rings (SSSR count). The van der Waals surface area contributed by atoms with Gasteiger partial charge < -0.3 is 15.1 Å². The van der Waals surface area contributed by atoms with Crippen molar-refractivity contribution in [1.29, 1.82) is 0 Å². The van der Waals surface area contributed by atoms with E-state index in [1.54, 1.807) is 6.07 Å². The van der Waals surface area contributed by atoms with Crippen molar-refractivity contribution in [2.75, 3.05) is 10.6 Å². The molecule has 1 heterocycles. The fraction of sp³-hybridized carbons (Fsp3) is 0.120. The van der Waals surface area contributed by atoms with Crippen molar-refractivity contribution in [1.82, 2.24) is 0 Å². The molecule has 0 bridgehead atoms. The largest absolute Gasteiger partial charge is 0.449 e. The number of para-hydroxylation sites is 1. The van der Waals surface area contributed by atoms with Crippen LogP contribution in [0, 0.1) is 13.8 Å². The lowest BCUT2D eigenvalue weighted by atomic mass is 10.1. The summed E-state index contributed by atoms with van der Waals surface area (Å²) in [5.41, 5.74) is 4.67. The molecule has 0 saturated carbocycles. The summed E-state index contributed by atoms with van der Waals surface area (Å²) in [4.78, 5) is 25.6. The minimum atomic E-state index is -0.416. The van der Waals surface area contributed by atoms with Gasteiger partial charge in [0.15, 0.2) is 0 Å². The predicted molar refractivity (Wildman–Crippen MR) is 119 cm³/mol. The van der Waals surface area contributed by atoms with Crippen LogP contribution in [0.2, 0.25) is 0 Å². The minimum absolute atomic E-state index is 0.0781. The third-order valence-electron chi connectivity index (χ3n) is 4.82. The molecule has 30 heavy (non-hydrogen) atoms. The number of carbonyl (C=O) groups excluding carboxylic acids is 2. The number of hydrogen-bond donors (Lipinski definition) is 2. The number of benzene rings is 3. The van der Waals surface area contributed by atoms with Gasteiger partial charge in [0, 0.05) is 11.1 Å². The van der Waals surface area contributed by atoms with Crippen molar-refractivity contribution in [2.45, 2.75) is 20.3 Å². The van der Waals surface area contributed by atoms with E-state index in [0.717, 1.165) is 16.7 Å². The quantitative estimate of drug-likeness (QED) is 0.467. The van der Waals surface area contributed by atoms with Gasteiger partial charge in [-0.15, -0.1) is 0 Å². The maximum Gasteiger partial charge on any atom is 0.293 e. The first-order chi connectivity index (χ1) is 14.5. The van der Waals surface area contributed by atoms with E-state index in [1.165, 1.54) is 0 Å². The maximum absolute atomic E-state index is 12.9. The summed E-state index contributed by atoms with van der Waals surface area (Å²) in [6, 6.07) is 22.5. The van der Waals surface area contributed by atoms with Crippen molar-refractivity contribution in [3.8, 4) is 0 Å². The van der Waals surface area contributed by atoms with Gasteiger partial charge in [-0.25, -0.2) is 0 Å². The molecular formula is C25H22N2O3. The van der Waals surface area contributed by atoms with Gasteiger partial charge in [-0.05, 0) is 43.7 Å². The Morgan fingerprint density at radius 2 is 1.60 bits per heavy atom. The van der Waals surface area contributed by atoms with Gasteiger partial charge in [0.2, 0.25) is 11.7 Å². The van der Waals surface area contributed by atoms with Crippen LogP contribution in [0.25, 0.3) is 11.0 Å². The second kappa shape index (κ2) is 8.25. The van der Waals surface area contributed by atoms with E-state index in [0.29, 0.717) is 22.3 Å². The molecule has 0 fully saturated rings. The summed E-state index contributed by atoms with van der Waals surface area (Å²) in [5.74, 6) is -0.549. The first kappa shape index (κ1) is 19.5. The highest BCUT2D eigenvalue weighted by Crippen LogP contribution is 2.31. The van der Waals surface area contributed by atoms with E-state index in [9.17, 15) is 9.59 Å². The number of rotatable bonds is 5. The lowest BCUT2D eigenvalue weighted by Gasteiger charge is -2.08. The number of hydrogen-bond acceptors (Lipinski definition) is 3. The smallest absolute Gasteiger partial charge is 0.293 e. The summed E-state index contributed by atoms with van der Waals surface area (Å²) in [5, 5.41) is 6.40. The summed E-state index contributed by atoms with van der Waals surface area (Å²) in [6.07, 6.45) is 0.209. The number of carbonyl (C=O) groups is 2. The first-order valence-electron chi connectivity index (χ1n) is 9.74. The molecule has 0 unspecified atom stereocenters. The first-order valence-corrected chi connectivity index (χ1v) is 9.74. The van der Waals surface area contributed by atoms with E-state index in [4.69, 9.17) is 4.42 Å². The van der Waals surface area contributed by atoms with Gasteiger partial charge in [-0.1, -0.05) is 59.7 Å². The van der Waals surface area contributed by atoms with Gasteiger partial charge >= 0.3 is 0 Å². The number of furan rings is 1. The molecule has 0 atom stereocenters. The Labute approximate surface area is 174 Å². The summed E-state index contributed by atoms with van der Waals surface area (Å²) in [7, 11) is 0. The van der Waals surface area contributed by atoms with E-state index in [1.807, 2.05) is 80.6 Å². The maximum atomic E-state index is 12.9. The van der Waals surface area contributed by atoms with Gasteiger partial charge in [-0.3, -0.25) is 9.59 Å². The van der Waals surface area contributed by atoms with E-state index in [-0.39, 0.29) is 18.1 Å². The molecule has 2 amide bonds. The molecule has 0 radical (unpaired) electrons. The lowest BCUT2D eigenvalue weighted by molar-refractivity contribution is -0.115. The van der Waals surface area contributed by atoms with Crippen LogP contribution in [-0.2, 0) is 11.2 Å². The standard InChI is InChI=1S/C25H22N2O3/c1-16-10-12-19(13-11-16)26-25(29)24-23(20-8-3-4-9-21(20)30-24)27-22(28)15-18-7-5-6-17(2)14-18/h3-14H,15H2,1-2H3,(H,26,29)(H,27,28). The van der Waals surface area contributed by atoms with E-state index in [2.05, 4.69) is 10.6 Å². The van der Waals surface area contributed by atoms with Crippen molar-refractivity contribution in [2.24, 2.45) is 0 Å². The lowest BCUT2D eigenvalue weighted by Crippen LogP contribution is -2.18. The molecule has 5 heteroatoms. The van der Waals surface area contributed by atoms with Crippen LogP contribution in [0.15, 0.2) is 77.2 Å². The van der Waals surface area contributed by atoms with Crippen molar-refractivity contribution >= 4 is 34.2 Å². The minimum Gasteiger partial charge on any atom is -0.449 e. The Hall–Kier alpha value is -3.86. The number of anilines is 2. The van der Waals surface area contributed by atoms with Gasteiger partial charge in [-0.2, -0.15) is 0 Å². The summed E-state index contributed by atoms with van der Waals surface area (Å²) < 4.78 is 5.80. The topological polar surface area (TPSA) is 71.3 Å². The highest BCUT2D eigenvalue weighted by atomic mass is 16.3. The molecular weight excluding hydrogens is 376 g/mol. The van der Waals surface area contributed by atoms with Gasteiger partial charge in [0.05, 0.1) is 6.42 Å². The van der Waals surface area contributed by atoms with Crippen molar-refractivity contribution in [3.63, 3.8) is 0 Å². The SMILES string of the molecule is Cc1ccc(NC(=O)c2oc3ccccc3c2NC(=O)Cc2cccc(C)c2)cc1. The van der Waals surface area contributed by atoms with Crippen molar-refractivity contribution in [3.05, 3.63) is 95.2 Å². The molecule has 0 spiro atoms. The third-order valence-corrected chi connectivity index (χ3v) is 4.82. The fourth-order valence-corrected chi connectivity index (χ4v) is 3.35. The van der Waals surface area contributed by atoms with Crippen LogP contribution in [0.3, 0.4) is 0 Å². The Morgan fingerprint density at radius 1 is 0.833 bits per heavy atom. The van der Waals surface area contributed by atoms with Crippen LogP contribution in [0.4, 0.5) is 11.4 Å². The number of aryl methyl sites for hydroxylation is 2. The average molecular weight is 398 g/mol. The van der Waals surface area contributed by atoms with Gasteiger partial charge in [0.1, 0.15) is 11.3 Å². The molecule has 150 valence electrons. The second-order valence-electron chi connectivity index (χ2n) is 7.34. The zero-order valence-electron chi connectivity index (χ0n) is 16.9. The zero-order chi connectivity index (χ0) is 21.1. The highest BCUT2D eigenvalue weighted by molar-refractivity contribution is 6.14. The third kappa shape index (κ3) is 4.25. The molecule has 2 N–H and O–H groups in total. The Bertz CT molecular complexity index is 1220. The molecule has 0 aliphatic carbocycles. The number of fused-ring (bicyclic) bond motifs is 1. The normalized spacial score (nSPS) is 10.7. The van der Waals surface area contributed by atoms with Crippen LogP contribution in [-0.4, -0.2) is 11.8 Å². The molecule has 1 aromatic heterocycles. The van der Waals surface area contributed by atoms with Crippen LogP contribution >= 0.6 is 0 Å². The number of nitrogens with one attached hydrogen (secondary N) is 2. The van der Waals surface area contributed by atoms with E-state index >= 15 is 0 Å². The monoisotopic (exact) mass is 398 g/mol. The fourth-order valence-electron chi connectivity index (χ4n) is 3.35. The molecule has 5 nitrogen and oxygen atoms in total.